The fourth-order valence-electron chi connectivity index (χ4n) is 6.33. The van der Waals surface area contributed by atoms with Crippen molar-refractivity contribution in [2.45, 2.75) is 68.4 Å². The molecule has 0 fully saturated rings. The van der Waals surface area contributed by atoms with Crippen LogP contribution in [0.4, 0.5) is 23.7 Å². The number of sulfonamides is 1. The molecule has 0 bridgehead atoms. The second-order valence-corrected chi connectivity index (χ2v) is 15.8. The van der Waals surface area contributed by atoms with Crippen molar-refractivity contribution in [2.24, 2.45) is 0 Å². The van der Waals surface area contributed by atoms with Crippen LogP contribution in [0.25, 0.3) is 0 Å². The van der Waals surface area contributed by atoms with Gasteiger partial charge in [0.15, 0.2) is 11.3 Å². The normalized spacial score (nSPS) is 16.4. The van der Waals surface area contributed by atoms with E-state index in [0.717, 1.165) is 25.3 Å². The molecule has 294 valence electrons. The number of para-hydroxylation sites is 1. The van der Waals surface area contributed by atoms with Crippen LogP contribution in [0.1, 0.15) is 51.2 Å². The third-order valence-electron chi connectivity index (χ3n) is 8.79. The average Bonchev–Trinajstić information content (AvgIpc) is 3.32. The molecular weight excluding hydrogens is 757 g/mol. The molecule has 1 aliphatic heterocycles. The average molecular weight is 799 g/mol. The lowest BCUT2D eigenvalue weighted by Crippen LogP contribution is -2.59. The second-order valence-electron chi connectivity index (χ2n) is 13.6. The molecule has 3 aromatic rings. The lowest BCUT2D eigenvalue weighted by molar-refractivity contribution is -0.275. The number of likely N-dealkylation sites (N-methyl/N-ethyl adjacent to an activating group) is 1. The third kappa shape index (κ3) is 8.47. The molecule has 0 saturated heterocycles. The van der Waals surface area contributed by atoms with Crippen LogP contribution >= 0.6 is 11.6 Å². The molecule has 13 nitrogen and oxygen atoms in total. The van der Waals surface area contributed by atoms with Gasteiger partial charge in [0.25, 0.3) is 15.9 Å². The van der Waals surface area contributed by atoms with Gasteiger partial charge in [-0.1, -0.05) is 29.8 Å². The van der Waals surface area contributed by atoms with E-state index in [1.165, 1.54) is 61.3 Å². The number of nitrogens with zero attached hydrogens (tertiary/aromatic N) is 3. The summed E-state index contributed by atoms with van der Waals surface area (Å²) in [4.78, 5) is 42.6. The maximum absolute atomic E-state index is 15.2. The van der Waals surface area contributed by atoms with Gasteiger partial charge in [-0.15, -0.1) is 13.2 Å². The zero-order valence-electron chi connectivity index (χ0n) is 30.7. The first-order chi connectivity index (χ1) is 25.1. The largest absolute Gasteiger partial charge is 0.573 e. The van der Waals surface area contributed by atoms with Crippen molar-refractivity contribution < 1.29 is 55.3 Å². The predicted molar refractivity (Wildman–Crippen MR) is 194 cm³/mol. The quantitative estimate of drug-likeness (QED) is 0.180. The summed E-state index contributed by atoms with van der Waals surface area (Å²) < 4.78 is 85.2. The molecule has 18 heteroatoms. The smallest absolute Gasteiger partial charge is 0.497 e. The Bertz CT molecular complexity index is 2010. The molecule has 3 amide bonds. The van der Waals surface area contributed by atoms with E-state index in [0.29, 0.717) is 10.7 Å². The van der Waals surface area contributed by atoms with Crippen LogP contribution in [-0.4, -0.2) is 94.0 Å². The minimum Gasteiger partial charge on any atom is -0.497 e. The summed E-state index contributed by atoms with van der Waals surface area (Å²) in [6.07, 6.45) is -5.80. The molecular formula is C36H42ClF3N4O9S. The summed E-state index contributed by atoms with van der Waals surface area (Å²) in [5.74, 6) is -2.92. The number of unbranched alkanes of at least 4 members (excludes halogenated alkanes) is 1. The number of anilines is 1. The summed E-state index contributed by atoms with van der Waals surface area (Å²) in [5, 5.41) is 13.0. The first kappa shape index (κ1) is 42.0. The van der Waals surface area contributed by atoms with Gasteiger partial charge in [0.1, 0.15) is 16.4 Å². The predicted octanol–water partition coefficient (Wildman–Crippen LogP) is 6.23. The monoisotopic (exact) mass is 798 g/mol. The Hall–Kier alpha value is -4.74. The highest BCUT2D eigenvalue weighted by Crippen LogP contribution is 2.51. The van der Waals surface area contributed by atoms with Gasteiger partial charge in [-0.2, -0.15) is 0 Å². The van der Waals surface area contributed by atoms with Gasteiger partial charge < -0.3 is 29.1 Å². The number of rotatable bonds is 14. The molecule has 54 heavy (non-hydrogen) atoms. The molecule has 1 heterocycles. The number of amides is 3. The fraction of sp³-hybridized carbons (Fsp3) is 0.417. The van der Waals surface area contributed by atoms with Crippen molar-refractivity contribution in [2.75, 3.05) is 39.2 Å². The van der Waals surface area contributed by atoms with Crippen LogP contribution in [0.3, 0.4) is 0 Å². The molecule has 1 unspecified atom stereocenters. The van der Waals surface area contributed by atoms with Crippen LogP contribution in [0.2, 0.25) is 5.02 Å². The lowest BCUT2D eigenvalue weighted by Gasteiger charge is -2.36. The number of alkyl halides is 3. The lowest BCUT2D eigenvalue weighted by atomic mass is 9.82. The molecule has 1 aliphatic rings. The third-order valence-corrected chi connectivity index (χ3v) is 10.8. The molecule has 0 aromatic heterocycles. The Balaban J connectivity index is 1.94. The number of methoxy groups -OCH3 is 2. The van der Waals surface area contributed by atoms with Gasteiger partial charge in [0.05, 0.1) is 25.9 Å². The number of hydrogen-bond acceptors (Lipinski definition) is 9. The number of halogens is 4. The second kappa shape index (κ2) is 15.9. The number of benzene rings is 3. The summed E-state index contributed by atoms with van der Waals surface area (Å²) in [6, 6.07) is 11.5. The van der Waals surface area contributed by atoms with Crippen molar-refractivity contribution in [1.29, 1.82) is 0 Å². The van der Waals surface area contributed by atoms with Crippen molar-refractivity contribution in [3.8, 4) is 17.2 Å². The van der Waals surface area contributed by atoms with Gasteiger partial charge in [-0.05, 0) is 76.4 Å². The van der Waals surface area contributed by atoms with E-state index in [-0.39, 0.29) is 52.7 Å². The van der Waals surface area contributed by atoms with Gasteiger partial charge in [-0.3, -0.25) is 14.9 Å². The SMILES string of the molecule is COc1ccc(S(=O)(=O)N2C(=O)C(N[C@@H](CCCCN(C(=O)O)C(C)(C)C)C(=O)N(C)C)(c3ccccc3OC)c3cc(Cl)ccc32)c(OC(F)(F)F)c1. The maximum Gasteiger partial charge on any atom is 0.573 e. The van der Waals surface area contributed by atoms with E-state index < -0.39 is 62.1 Å². The van der Waals surface area contributed by atoms with Crippen molar-refractivity contribution in [3.63, 3.8) is 0 Å². The first-order valence-electron chi connectivity index (χ1n) is 16.6. The van der Waals surface area contributed by atoms with Crippen LogP contribution in [0, 0.1) is 0 Å². The molecule has 0 aliphatic carbocycles. The van der Waals surface area contributed by atoms with Gasteiger partial charge in [-0.25, -0.2) is 17.5 Å². The van der Waals surface area contributed by atoms with Crippen molar-refractivity contribution >= 4 is 45.2 Å². The number of carbonyl (C=O) groups is 3. The first-order valence-corrected chi connectivity index (χ1v) is 18.4. The molecule has 0 radical (unpaired) electrons. The highest BCUT2D eigenvalue weighted by molar-refractivity contribution is 7.93. The van der Waals surface area contributed by atoms with Crippen LogP contribution < -0.4 is 23.8 Å². The molecule has 0 saturated carbocycles. The molecule has 0 spiro atoms. The van der Waals surface area contributed by atoms with Crippen LogP contribution in [0.15, 0.2) is 65.6 Å². The van der Waals surface area contributed by atoms with Crippen LogP contribution in [0.5, 0.6) is 17.2 Å². The number of ether oxygens (including phenoxy) is 3. The summed E-state index contributed by atoms with van der Waals surface area (Å²) in [7, 11) is 0.220. The summed E-state index contributed by atoms with van der Waals surface area (Å²) in [6.45, 7) is 5.37. The zero-order valence-corrected chi connectivity index (χ0v) is 32.2. The molecule has 2 N–H and O–H groups in total. The van der Waals surface area contributed by atoms with Gasteiger partial charge in [0, 0.05) is 48.4 Å². The van der Waals surface area contributed by atoms with E-state index >= 15 is 4.79 Å². The van der Waals surface area contributed by atoms with E-state index in [9.17, 15) is 36.3 Å². The van der Waals surface area contributed by atoms with Gasteiger partial charge in [0.2, 0.25) is 5.91 Å². The number of carboxylic acid groups (broad SMARTS) is 1. The highest BCUT2D eigenvalue weighted by Gasteiger charge is 2.59. The van der Waals surface area contributed by atoms with Crippen molar-refractivity contribution in [3.05, 3.63) is 76.8 Å². The van der Waals surface area contributed by atoms with Gasteiger partial charge >= 0.3 is 12.5 Å². The number of carbonyl (C=O) groups excluding carboxylic acids is 2. The standard InChI is InChI=1S/C36H42ClF3N4O9S/c1-34(2,3)43(33(47)48)19-11-10-13-26(31(45)42(4)5)41-35(24-12-8-9-14-28(24)52-7)25-20-22(37)15-17-27(25)44(32(35)46)54(49,50)30-18-16-23(51-6)21-29(30)53-36(38,39)40/h8-9,12,14-18,20-21,26,41H,10-11,13,19H2,1-7H3,(H,47,48)/t26-,35?/m0/s1. The van der Waals surface area contributed by atoms with Crippen LogP contribution in [-0.2, 0) is 25.2 Å². The summed E-state index contributed by atoms with van der Waals surface area (Å²) >= 11 is 6.49. The fourth-order valence-corrected chi connectivity index (χ4v) is 8.07. The minimum absolute atomic E-state index is 0.0405. The van der Waals surface area contributed by atoms with E-state index in [1.807, 2.05) is 0 Å². The Morgan fingerprint density at radius 1 is 0.963 bits per heavy atom. The van der Waals surface area contributed by atoms with E-state index in [1.54, 1.807) is 32.9 Å². The number of fused-ring (bicyclic) bond motifs is 1. The van der Waals surface area contributed by atoms with E-state index in [2.05, 4.69) is 10.1 Å². The minimum atomic E-state index is -5.33. The topological polar surface area (TPSA) is 155 Å². The Kier molecular flexibility index (Phi) is 12.4. The molecule has 2 atom stereocenters. The Morgan fingerprint density at radius 2 is 1.63 bits per heavy atom. The maximum atomic E-state index is 15.2. The Morgan fingerprint density at radius 3 is 2.20 bits per heavy atom. The molecule has 3 aromatic carbocycles. The summed E-state index contributed by atoms with van der Waals surface area (Å²) in [5.41, 5.74) is -3.19. The Labute approximate surface area is 316 Å². The zero-order chi connectivity index (χ0) is 40.4. The highest BCUT2D eigenvalue weighted by atomic mass is 35.5. The van der Waals surface area contributed by atoms with Crippen molar-refractivity contribution in [1.82, 2.24) is 15.1 Å². The number of hydrogen-bond donors (Lipinski definition) is 2. The van der Waals surface area contributed by atoms with E-state index in [4.69, 9.17) is 21.1 Å². The molecule has 4 rings (SSSR count). The number of nitrogens with one attached hydrogen (secondary N) is 1.